The third kappa shape index (κ3) is 2.44. The maximum Gasteiger partial charge on any atom is 0.248 e. The maximum atomic E-state index is 12.5. The second-order valence-corrected chi connectivity index (χ2v) is 5.06. The van der Waals surface area contributed by atoms with Gasteiger partial charge < -0.3 is 15.0 Å². The van der Waals surface area contributed by atoms with Gasteiger partial charge in [0.25, 0.3) is 0 Å². The minimum Gasteiger partial charge on any atom is -0.383 e. The molecule has 5 heteroatoms. The molecule has 1 heterocycles. The summed E-state index contributed by atoms with van der Waals surface area (Å²) >= 11 is 0. The van der Waals surface area contributed by atoms with Gasteiger partial charge in [0.2, 0.25) is 11.8 Å². The monoisotopic (exact) mass is 240 g/mol. The summed E-state index contributed by atoms with van der Waals surface area (Å²) in [7, 11) is 1.62. The molecule has 0 aromatic carbocycles. The third-order valence-electron chi connectivity index (χ3n) is 3.70. The lowest BCUT2D eigenvalue weighted by atomic mass is 9.94. The molecular weight excluding hydrogens is 220 g/mol. The molecule has 1 unspecified atom stereocenters. The highest BCUT2D eigenvalue weighted by Gasteiger charge is 2.50. The van der Waals surface area contributed by atoms with Crippen LogP contribution < -0.4 is 5.32 Å². The van der Waals surface area contributed by atoms with Crippen molar-refractivity contribution in [2.75, 3.05) is 26.8 Å². The van der Waals surface area contributed by atoms with Crippen molar-refractivity contribution in [3.63, 3.8) is 0 Å². The Bertz CT molecular complexity index is 328. The van der Waals surface area contributed by atoms with Gasteiger partial charge in [-0.3, -0.25) is 9.59 Å². The molecule has 1 saturated heterocycles. The highest BCUT2D eigenvalue weighted by atomic mass is 16.5. The molecule has 17 heavy (non-hydrogen) atoms. The Kier molecular flexibility index (Phi) is 3.38. The first kappa shape index (κ1) is 12.4. The van der Waals surface area contributed by atoms with E-state index >= 15 is 0 Å². The molecule has 2 aliphatic rings. The molecule has 2 fully saturated rings. The molecular formula is C12H20N2O3. The van der Waals surface area contributed by atoms with Gasteiger partial charge in [-0.25, -0.2) is 0 Å². The van der Waals surface area contributed by atoms with Crippen molar-refractivity contribution in [3.05, 3.63) is 0 Å². The van der Waals surface area contributed by atoms with Gasteiger partial charge in [0.05, 0.1) is 6.61 Å². The second kappa shape index (κ2) is 4.64. The fourth-order valence-corrected chi connectivity index (χ4v) is 2.42. The van der Waals surface area contributed by atoms with E-state index in [-0.39, 0.29) is 11.8 Å². The third-order valence-corrected chi connectivity index (χ3v) is 3.70. The van der Waals surface area contributed by atoms with Gasteiger partial charge in [-0.2, -0.15) is 0 Å². The highest BCUT2D eigenvalue weighted by Crippen LogP contribution is 2.41. The second-order valence-electron chi connectivity index (χ2n) is 5.06. The first-order chi connectivity index (χ1) is 8.08. The van der Waals surface area contributed by atoms with Crippen LogP contribution in [0.2, 0.25) is 0 Å². The summed E-state index contributed by atoms with van der Waals surface area (Å²) < 4.78 is 5.01. The lowest BCUT2D eigenvalue weighted by Crippen LogP contribution is -2.57. The van der Waals surface area contributed by atoms with Crippen molar-refractivity contribution in [1.29, 1.82) is 0 Å². The fraction of sp³-hybridized carbons (Fsp3) is 0.833. The Hall–Kier alpha value is -1.10. The molecule has 1 atom stereocenters. The molecule has 1 N–H and O–H groups in total. The summed E-state index contributed by atoms with van der Waals surface area (Å²) in [4.78, 5) is 25.9. The van der Waals surface area contributed by atoms with Gasteiger partial charge in [0, 0.05) is 26.6 Å². The minimum atomic E-state index is -0.693. The molecule has 2 amide bonds. The zero-order valence-electron chi connectivity index (χ0n) is 10.5. The predicted octanol–water partition coefficient (Wildman–Crippen LogP) is 0.150. The molecule has 0 aromatic heterocycles. The number of rotatable bonds is 4. The highest BCUT2D eigenvalue weighted by molar-refractivity contribution is 5.93. The molecule has 5 nitrogen and oxygen atoms in total. The van der Waals surface area contributed by atoms with Crippen LogP contribution in [-0.4, -0.2) is 49.1 Å². The van der Waals surface area contributed by atoms with Crippen LogP contribution >= 0.6 is 0 Å². The predicted molar refractivity (Wildman–Crippen MR) is 62.3 cm³/mol. The average Bonchev–Trinajstić information content (AvgIpc) is 3.11. The smallest absolute Gasteiger partial charge is 0.248 e. The summed E-state index contributed by atoms with van der Waals surface area (Å²) in [5, 5.41) is 2.90. The van der Waals surface area contributed by atoms with Crippen LogP contribution in [0.25, 0.3) is 0 Å². The van der Waals surface area contributed by atoms with E-state index in [2.05, 4.69) is 5.32 Å². The number of carbonyl (C=O) groups is 2. The van der Waals surface area contributed by atoms with E-state index in [0.29, 0.717) is 32.0 Å². The molecule has 1 saturated carbocycles. The van der Waals surface area contributed by atoms with Crippen LogP contribution in [0.1, 0.15) is 26.2 Å². The van der Waals surface area contributed by atoms with Crippen LogP contribution in [0.3, 0.4) is 0 Å². The average molecular weight is 240 g/mol. The first-order valence-electron chi connectivity index (χ1n) is 6.17. The number of nitrogens with zero attached hydrogens (tertiary/aromatic N) is 1. The van der Waals surface area contributed by atoms with Crippen molar-refractivity contribution >= 4 is 11.8 Å². The quantitative estimate of drug-likeness (QED) is 0.761. The Morgan fingerprint density at radius 1 is 1.47 bits per heavy atom. The molecule has 0 aromatic rings. The number of amides is 2. The van der Waals surface area contributed by atoms with Crippen molar-refractivity contribution in [1.82, 2.24) is 10.2 Å². The van der Waals surface area contributed by atoms with Gasteiger partial charge in [-0.05, 0) is 25.7 Å². The van der Waals surface area contributed by atoms with E-state index in [0.717, 1.165) is 12.8 Å². The van der Waals surface area contributed by atoms with Gasteiger partial charge in [0.1, 0.15) is 5.54 Å². The van der Waals surface area contributed by atoms with Gasteiger partial charge in [-0.1, -0.05) is 0 Å². The van der Waals surface area contributed by atoms with Crippen LogP contribution in [0.4, 0.5) is 0 Å². The van der Waals surface area contributed by atoms with Gasteiger partial charge in [0.15, 0.2) is 0 Å². The number of carbonyl (C=O) groups excluding carboxylic acids is 2. The fourth-order valence-electron chi connectivity index (χ4n) is 2.42. The number of hydrogen-bond donors (Lipinski definition) is 1. The van der Waals surface area contributed by atoms with E-state index in [1.807, 2.05) is 6.92 Å². The number of nitrogens with one attached hydrogen (secondary N) is 1. The Balaban J connectivity index is 2.13. The largest absolute Gasteiger partial charge is 0.383 e. The maximum absolute atomic E-state index is 12.5. The molecule has 96 valence electrons. The molecule has 0 radical (unpaired) electrons. The van der Waals surface area contributed by atoms with Crippen LogP contribution in [0.15, 0.2) is 0 Å². The lowest BCUT2D eigenvalue weighted by molar-refractivity contribution is -0.139. The zero-order valence-corrected chi connectivity index (χ0v) is 10.5. The van der Waals surface area contributed by atoms with E-state index in [1.165, 1.54) is 0 Å². The van der Waals surface area contributed by atoms with Gasteiger partial charge in [-0.15, -0.1) is 0 Å². The standard InChI is InChI=1S/C12H20N2O3/c1-12(9-3-4-9)11(16)14(7-8-17-2)6-5-10(15)13-12/h9H,3-8H2,1-2H3,(H,13,15). The van der Waals surface area contributed by atoms with E-state index in [1.54, 1.807) is 12.0 Å². The Morgan fingerprint density at radius 2 is 2.18 bits per heavy atom. The Morgan fingerprint density at radius 3 is 2.76 bits per heavy atom. The molecule has 1 aliphatic heterocycles. The summed E-state index contributed by atoms with van der Waals surface area (Å²) in [5.41, 5.74) is -0.693. The van der Waals surface area contributed by atoms with E-state index in [4.69, 9.17) is 4.74 Å². The molecule has 0 bridgehead atoms. The topological polar surface area (TPSA) is 58.6 Å². The van der Waals surface area contributed by atoms with E-state index in [9.17, 15) is 9.59 Å². The van der Waals surface area contributed by atoms with Crippen molar-refractivity contribution < 1.29 is 14.3 Å². The van der Waals surface area contributed by atoms with Crippen LogP contribution in [0, 0.1) is 5.92 Å². The first-order valence-corrected chi connectivity index (χ1v) is 6.17. The van der Waals surface area contributed by atoms with E-state index < -0.39 is 5.54 Å². The van der Waals surface area contributed by atoms with Crippen molar-refractivity contribution in [3.8, 4) is 0 Å². The van der Waals surface area contributed by atoms with Crippen molar-refractivity contribution in [2.45, 2.75) is 31.7 Å². The summed E-state index contributed by atoms with van der Waals surface area (Å²) in [5.74, 6) is 0.331. The Labute approximate surface area is 101 Å². The van der Waals surface area contributed by atoms with Crippen molar-refractivity contribution in [2.24, 2.45) is 5.92 Å². The summed E-state index contributed by atoms with van der Waals surface area (Å²) in [6.45, 7) is 3.43. The molecule has 1 aliphatic carbocycles. The van der Waals surface area contributed by atoms with Crippen LogP contribution in [-0.2, 0) is 14.3 Å². The lowest BCUT2D eigenvalue weighted by Gasteiger charge is -2.32. The van der Waals surface area contributed by atoms with Gasteiger partial charge >= 0.3 is 0 Å². The van der Waals surface area contributed by atoms with Crippen LogP contribution in [0.5, 0.6) is 0 Å². The number of methoxy groups -OCH3 is 1. The minimum absolute atomic E-state index is 0.0207. The zero-order chi connectivity index (χ0) is 12.5. The summed E-state index contributed by atoms with van der Waals surface area (Å²) in [6, 6.07) is 0. The summed E-state index contributed by atoms with van der Waals surface area (Å²) in [6.07, 6.45) is 2.44. The molecule has 2 rings (SSSR count). The normalized spacial score (nSPS) is 30.1. The SMILES string of the molecule is COCCN1CCC(=O)NC(C)(C2CC2)C1=O. The number of ether oxygens (including phenoxy) is 1. The molecule has 0 spiro atoms. The number of hydrogen-bond acceptors (Lipinski definition) is 3.